The summed E-state index contributed by atoms with van der Waals surface area (Å²) < 4.78 is 4.64. The maximum Gasteiger partial charge on any atom is 0.235 e. The van der Waals surface area contributed by atoms with Crippen LogP contribution >= 0.6 is 11.3 Å². The van der Waals surface area contributed by atoms with Gasteiger partial charge >= 0.3 is 0 Å². The fraction of sp³-hybridized carbons (Fsp3) is 0.0196. The Balaban J connectivity index is 1.17. The zero-order valence-corrected chi connectivity index (χ0v) is 30.3. The Morgan fingerprint density at radius 3 is 1.85 bits per heavy atom. The molecule has 1 spiro atoms. The lowest BCUT2D eigenvalue weighted by Gasteiger charge is -2.30. The molecule has 4 heteroatoms. The van der Waals surface area contributed by atoms with E-state index in [4.69, 9.17) is 9.97 Å². The summed E-state index contributed by atoms with van der Waals surface area (Å²) in [6.45, 7) is 0. The first-order chi connectivity index (χ1) is 27.3. The van der Waals surface area contributed by atoms with E-state index < -0.39 is 5.41 Å². The van der Waals surface area contributed by atoms with Crippen LogP contribution in [-0.2, 0) is 5.41 Å². The molecular weight excluding hydrogens is 687 g/mol. The molecule has 55 heavy (non-hydrogen) atoms. The molecule has 2 aliphatic rings. The van der Waals surface area contributed by atoms with Crippen LogP contribution in [0, 0.1) is 0 Å². The van der Waals surface area contributed by atoms with Crippen molar-refractivity contribution >= 4 is 64.2 Å². The summed E-state index contributed by atoms with van der Waals surface area (Å²) in [4.78, 5) is 11.0. The van der Waals surface area contributed by atoms with E-state index in [9.17, 15) is 0 Å². The fourth-order valence-electron chi connectivity index (χ4n) is 10.1. The zero-order chi connectivity index (χ0) is 35.8. The molecular formula is C51H29N3S. The van der Waals surface area contributed by atoms with E-state index in [2.05, 4.69) is 180 Å². The van der Waals surface area contributed by atoms with Crippen LogP contribution in [0.25, 0.3) is 92.3 Å². The molecule has 0 bridgehead atoms. The van der Waals surface area contributed by atoms with Gasteiger partial charge in [-0.05, 0) is 79.5 Å². The number of aromatic nitrogens is 3. The molecule has 0 radical (unpaired) electrons. The van der Waals surface area contributed by atoms with Crippen molar-refractivity contribution in [3.8, 4) is 39.5 Å². The van der Waals surface area contributed by atoms with Crippen molar-refractivity contribution in [3.63, 3.8) is 0 Å². The summed E-state index contributed by atoms with van der Waals surface area (Å²) in [5.74, 6) is 0.683. The average Bonchev–Trinajstić information content (AvgIpc) is 3.96. The number of hydrogen-bond acceptors (Lipinski definition) is 3. The largest absolute Gasteiger partial charge is 0.278 e. The van der Waals surface area contributed by atoms with Crippen molar-refractivity contribution in [1.82, 2.24) is 14.5 Å². The molecule has 0 N–H and O–H groups in total. The molecule has 3 heterocycles. The third-order valence-electron chi connectivity index (χ3n) is 12.2. The zero-order valence-electron chi connectivity index (χ0n) is 29.5. The Bertz CT molecular complexity index is 3400. The molecule has 0 fully saturated rings. The van der Waals surface area contributed by atoms with Crippen molar-refractivity contribution in [1.29, 1.82) is 0 Å². The Morgan fingerprint density at radius 2 is 1.09 bits per heavy atom. The van der Waals surface area contributed by atoms with Gasteiger partial charge < -0.3 is 0 Å². The molecule has 0 atom stereocenters. The highest BCUT2D eigenvalue weighted by molar-refractivity contribution is 7.26. The SMILES string of the molecule is c1ccc(-c2nc(-n3c4ccccc4c4c5c(ccc43)C3(c4ccccc4-c4ccccc43)c3ccccc3-5)nc3c2sc2cc4ccccc4cc23)cc1. The topological polar surface area (TPSA) is 30.7 Å². The van der Waals surface area contributed by atoms with E-state index in [0.29, 0.717) is 5.95 Å². The summed E-state index contributed by atoms with van der Waals surface area (Å²) in [5.41, 5.74) is 15.4. The third kappa shape index (κ3) is 3.70. The number of nitrogens with zero attached hydrogens (tertiary/aromatic N) is 3. The second-order valence-corrected chi connectivity index (χ2v) is 15.9. The molecule has 0 saturated heterocycles. The smallest absolute Gasteiger partial charge is 0.235 e. The summed E-state index contributed by atoms with van der Waals surface area (Å²) in [6.07, 6.45) is 0. The Kier molecular flexibility index (Phi) is 5.71. The summed E-state index contributed by atoms with van der Waals surface area (Å²) in [7, 11) is 0. The van der Waals surface area contributed by atoms with Crippen molar-refractivity contribution in [2.24, 2.45) is 0 Å². The van der Waals surface area contributed by atoms with Crippen LogP contribution in [-0.4, -0.2) is 14.5 Å². The van der Waals surface area contributed by atoms with E-state index in [1.807, 2.05) is 0 Å². The van der Waals surface area contributed by atoms with Crippen LogP contribution in [0.5, 0.6) is 0 Å². The fourth-order valence-corrected chi connectivity index (χ4v) is 11.2. The quantitative estimate of drug-likeness (QED) is 0.178. The van der Waals surface area contributed by atoms with Crippen LogP contribution in [0.2, 0.25) is 0 Å². The number of thiophene rings is 1. The van der Waals surface area contributed by atoms with Gasteiger partial charge in [0.15, 0.2) is 0 Å². The Hall–Kier alpha value is -6.88. The standard InChI is InChI=1S/C51H29N3S/c1-2-14-30(15-3-1)47-49-48(37-28-31-16-4-5-17-32(31)29-44(37)55-49)53-50(52-47)54-42-25-13-9-21-36(42)46-43(54)27-26-41-45(46)35-20-8-12-24-40(35)51(41)38-22-10-6-18-33(38)34-19-7-11-23-39(34)51/h1-29H. The van der Waals surface area contributed by atoms with E-state index in [-0.39, 0.29) is 0 Å². The number of fused-ring (bicyclic) bond motifs is 18. The van der Waals surface area contributed by atoms with Gasteiger partial charge in [0.2, 0.25) is 5.95 Å². The molecule has 0 unspecified atom stereocenters. The summed E-state index contributed by atoms with van der Waals surface area (Å²) in [5, 5.41) is 6.05. The molecule has 8 aromatic carbocycles. The van der Waals surface area contributed by atoms with E-state index >= 15 is 0 Å². The van der Waals surface area contributed by atoms with Crippen LogP contribution < -0.4 is 0 Å². The highest BCUT2D eigenvalue weighted by atomic mass is 32.1. The first-order valence-electron chi connectivity index (χ1n) is 18.8. The van der Waals surface area contributed by atoms with Crippen LogP contribution in [0.3, 0.4) is 0 Å². The minimum Gasteiger partial charge on any atom is -0.278 e. The molecule has 2 aliphatic carbocycles. The third-order valence-corrected chi connectivity index (χ3v) is 13.4. The highest BCUT2D eigenvalue weighted by Crippen LogP contribution is 2.64. The molecule has 11 aromatic rings. The Morgan fingerprint density at radius 1 is 0.473 bits per heavy atom. The van der Waals surface area contributed by atoms with Gasteiger partial charge in [-0.2, -0.15) is 0 Å². The normalized spacial score (nSPS) is 13.6. The van der Waals surface area contributed by atoms with Crippen LogP contribution in [0.15, 0.2) is 176 Å². The van der Waals surface area contributed by atoms with Gasteiger partial charge in [0.05, 0.1) is 32.4 Å². The summed E-state index contributed by atoms with van der Waals surface area (Å²) in [6, 6.07) is 64.5. The summed E-state index contributed by atoms with van der Waals surface area (Å²) >= 11 is 1.78. The van der Waals surface area contributed by atoms with Gasteiger partial charge in [-0.15, -0.1) is 11.3 Å². The molecule has 254 valence electrons. The van der Waals surface area contributed by atoms with E-state index in [1.165, 1.54) is 70.8 Å². The van der Waals surface area contributed by atoms with E-state index in [1.54, 1.807) is 11.3 Å². The van der Waals surface area contributed by atoms with Gasteiger partial charge in [0.1, 0.15) is 0 Å². The van der Waals surface area contributed by atoms with Gasteiger partial charge in [0.25, 0.3) is 0 Å². The number of para-hydroxylation sites is 1. The highest BCUT2D eigenvalue weighted by Gasteiger charge is 2.52. The molecule has 3 aromatic heterocycles. The van der Waals surface area contributed by atoms with Crippen LogP contribution in [0.4, 0.5) is 0 Å². The molecule has 0 saturated carbocycles. The van der Waals surface area contributed by atoms with E-state index in [0.717, 1.165) is 37.9 Å². The maximum atomic E-state index is 5.53. The van der Waals surface area contributed by atoms with Crippen molar-refractivity contribution in [2.75, 3.05) is 0 Å². The predicted octanol–water partition coefficient (Wildman–Crippen LogP) is 13.1. The maximum absolute atomic E-state index is 5.53. The number of benzene rings is 8. The van der Waals surface area contributed by atoms with Crippen molar-refractivity contribution < 1.29 is 0 Å². The molecule has 3 nitrogen and oxygen atoms in total. The van der Waals surface area contributed by atoms with Gasteiger partial charge in [-0.1, -0.05) is 152 Å². The monoisotopic (exact) mass is 715 g/mol. The van der Waals surface area contributed by atoms with Gasteiger partial charge in [0, 0.05) is 26.4 Å². The number of rotatable bonds is 2. The number of hydrogen-bond donors (Lipinski definition) is 0. The first kappa shape index (κ1) is 29.6. The minimum atomic E-state index is -0.412. The molecule has 0 aliphatic heterocycles. The predicted molar refractivity (Wildman–Crippen MR) is 228 cm³/mol. The Labute approximate surface area is 320 Å². The lowest BCUT2D eigenvalue weighted by atomic mass is 9.70. The van der Waals surface area contributed by atoms with Gasteiger partial charge in [-0.25, -0.2) is 9.97 Å². The minimum absolute atomic E-state index is 0.412. The van der Waals surface area contributed by atoms with Crippen LogP contribution in [0.1, 0.15) is 22.3 Å². The average molecular weight is 716 g/mol. The van der Waals surface area contributed by atoms with Crippen molar-refractivity contribution in [3.05, 3.63) is 198 Å². The first-order valence-corrected chi connectivity index (χ1v) is 19.7. The second kappa shape index (κ2) is 10.6. The lowest BCUT2D eigenvalue weighted by molar-refractivity contribution is 0.794. The lowest BCUT2D eigenvalue weighted by Crippen LogP contribution is -2.25. The van der Waals surface area contributed by atoms with Crippen molar-refractivity contribution in [2.45, 2.75) is 5.41 Å². The molecule has 13 rings (SSSR count). The van der Waals surface area contributed by atoms with Gasteiger partial charge in [-0.3, -0.25) is 4.57 Å². The second-order valence-electron chi connectivity index (χ2n) is 14.8. The molecule has 0 amide bonds.